The van der Waals surface area contributed by atoms with Gasteiger partial charge in [-0.1, -0.05) is 11.6 Å². The number of carbonyl (C=O) groups is 1. The second kappa shape index (κ2) is 4.74. The van der Waals surface area contributed by atoms with E-state index in [4.69, 9.17) is 21.5 Å². The van der Waals surface area contributed by atoms with Crippen molar-refractivity contribution in [2.75, 3.05) is 0 Å². The van der Waals surface area contributed by atoms with Gasteiger partial charge >= 0.3 is 0 Å². The van der Waals surface area contributed by atoms with Gasteiger partial charge in [-0.3, -0.25) is 4.79 Å². The Morgan fingerprint density at radius 2 is 1.94 bits per heavy atom. The molecule has 2 aromatic rings. The summed E-state index contributed by atoms with van der Waals surface area (Å²) in [4.78, 5) is 13.6. The van der Waals surface area contributed by atoms with E-state index in [1.54, 1.807) is 30.3 Å². The summed E-state index contributed by atoms with van der Waals surface area (Å²) in [5.41, 5.74) is 8.92. The van der Waals surface area contributed by atoms with Crippen LogP contribution in [0.4, 0.5) is 0 Å². The van der Waals surface area contributed by atoms with Crippen LogP contribution in [-0.2, 0) is 0 Å². The number of carbonyl (C=O) groups excluding carboxylic acids is 1. The van der Waals surface area contributed by atoms with Crippen LogP contribution in [0.3, 0.4) is 0 Å². The highest BCUT2D eigenvalue weighted by Crippen LogP contribution is 2.24. The predicted octanol–water partition coefficient (Wildman–Crippen LogP) is 4.05. The lowest BCUT2D eigenvalue weighted by Crippen LogP contribution is -1.88. The summed E-state index contributed by atoms with van der Waals surface area (Å²) in [5, 5.41) is 3.56. The van der Waals surface area contributed by atoms with E-state index in [1.807, 2.05) is 0 Å². The van der Waals surface area contributed by atoms with Crippen LogP contribution >= 0.6 is 11.6 Å². The van der Waals surface area contributed by atoms with Crippen molar-refractivity contribution in [3.8, 4) is 11.3 Å². The molecular formula is C11H6ClN3O2. The number of amides is 1. The van der Waals surface area contributed by atoms with Crippen molar-refractivity contribution in [1.29, 1.82) is 0 Å². The summed E-state index contributed by atoms with van der Waals surface area (Å²) in [7, 11) is 0. The number of furan rings is 1. The Labute approximate surface area is 101 Å². The van der Waals surface area contributed by atoms with E-state index in [1.165, 1.54) is 6.07 Å². The van der Waals surface area contributed by atoms with Crippen LogP contribution in [0.5, 0.6) is 0 Å². The Hall–Kier alpha value is -2.23. The molecule has 1 aromatic heterocycles. The summed E-state index contributed by atoms with van der Waals surface area (Å²) < 4.78 is 5.27. The average molecular weight is 248 g/mol. The van der Waals surface area contributed by atoms with Gasteiger partial charge in [0.2, 0.25) is 0 Å². The van der Waals surface area contributed by atoms with Crippen molar-refractivity contribution in [2.45, 2.75) is 0 Å². The zero-order chi connectivity index (χ0) is 12.3. The number of rotatable bonds is 2. The molecule has 84 valence electrons. The molecule has 0 saturated heterocycles. The smallest absolute Gasteiger partial charge is 0.284 e. The number of halogens is 1. The fourth-order valence-corrected chi connectivity index (χ4v) is 1.44. The first-order chi connectivity index (χ1) is 8.20. The number of benzene rings is 1. The van der Waals surface area contributed by atoms with E-state index in [9.17, 15) is 4.79 Å². The van der Waals surface area contributed by atoms with Gasteiger partial charge in [-0.2, -0.15) is 0 Å². The first-order valence-corrected chi connectivity index (χ1v) is 5.03. The van der Waals surface area contributed by atoms with E-state index < -0.39 is 5.91 Å². The largest absolute Gasteiger partial charge is 0.453 e. The molecule has 5 nitrogen and oxygen atoms in total. The van der Waals surface area contributed by atoms with Crippen molar-refractivity contribution in [3.63, 3.8) is 0 Å². The first-order valence-electron chi connectivity index (χ1n) is 4.66. The van der Waals surface area contributed by atoms with E-state index in [0.29, 0.717) is 10.8 Å². The Morgan fingerprint density at radius 1 is 1.24 bits per heavy atom. The van der Waals surface area contributed by atoms with Crippen LogP contribution in [0.1, 0.15) is 10.6 Å². The second-order valence-electron chi connectivity index (χ2n) is 3.17. The summed E-state index contributed by atoms with van der Waals surface area (Å²) in [6.45, 7) is 0. The van der Waals surface area contributed by atoms with Gasteiger partial charge < -0.3 is 4.42 Å². The van der Waals surface area contributed by atoms with Gasteiger partial charge in [0.1, 0.15) is 5.76 Å². The van der Waals surface area contributed by atoms with Crippen molar-refractivity contribution in [1.82, 2.24) is 0 Å². The third kappa shape index (κ3) is 2.47. The average Bonchev–Trinajstić information content (AvgIpc) is 2.80. The molecule has 0 aliphatic rings. The third-order valence-corrected chi connectivity index (χ3v) is 2.33. The van der Waals surface area contributed by atoms with E-state index >= 15 is 0 Å². The highest BCUT2D eigenvalue weighted by molar-refractivity contribution is 6.30. The van der Waals surface area contributed by atoms with Crippen LogP contribution in [0, 0.1) is 0 Å². The Morgan fingerprint density at radius 3 is 2.59 bits per heavy atom. The fraction of sp³-hybridized carbons (Fsp3) is 0. The number of hydrogen-bond acceptors (Lipinski definition) is 2. The molecule has 0 atom stereocenters. The maximum Gasteiger partial charge on any atom is 0.284 e. The maximum atomic E-state index is 11.2. The SMILES string of the molecule is [N-]=[N+]=NC(=O)c1ccc(-c2ccc(Cl)cc2)o1. The standard InChI is InChI=1S/C11H6ClN3O2/c12-8-3-1-7(2-4-8)9-5-6-10(17-9)11(16)14-15-13/h1-6H. The molecule has 0 fully saturated rings. The van der Waals surface area contributed by atoms with Crippen molar-refractivity contribution in [3.05, 3.63) is 57.6 Å². The zero-order valence-corrected chi connectivity index (χ0v) is 9.26. The Kier molecular flexibility index (Phi) is 3.14. The zero-order valence-electron chi connectivity index (χ0n) is 8.50. The Balaban J connectivity index is 2.32. The van der Waals surface area contributed by atoms with Crippen molar-refractivity contribution in [2.24, 2.45) is 5.11 Å². The quantitative estimate of drug-likeness (QED) is 0.456. The van der Waals surface area contributed by atoms with Gasteiger partial charge in [-0.25, -0.2) is 0 Å². The molecule has 0 aliphatic heterocycles. The van der Waals surface area contributed by atoms with Crippen LogP contribution in [0.25, 0.3) is 21.8 Å². The molecule has 2 rings (SSSR count). The van der Waals surface area contributed by atoms with Gasteiger partial charge in [0.05, 0.1) is 0 Å². The van der Waals surface area contributed by atoms with E-state index in [0.717, 1.165) is 5.56 Å². The maximum absolute atomic E-state index is 11.2. The fourth-order valence-electron chi connectivity index (χ4n) is 1.31. The molecule has 1 heterocycles. The second-order valence-corrected chi connectivity index (χ2v) is 3.60. The molecule has 0 bridgehead atoms. The molecule has 17 heavy (non-hydrogen) atoms. The first kappa shape index (κ1) is 11.3. The molecule has 0 aliphatic carbocycles. The number of hydrogen-bond donors (Lipinski definition) is 0. The molecule has 1 aromatic carbocycles. The molecule has 0 unspecified atom stereocenters. The van der Waals surface area contributed by atoms with Crippen LogP contribution in [0.15, 0.2) is 45.9 Å². The van der Waals surface area contributed by atoms with Gasteiger partial charge in [0.25, 0.3) is 5.91 Å². The molecule has 0 radical (unpaired) electrons. The highest BCUT2D eigenvalue weighted by atomic mass is 35.5. The minimum Gasteiger partial charge on any atom is -0.453 e. The minimum atomic E-state index is -0.743. The van der Waals surface area contributed by atoms with Gasteiger partial charge in [0, 0.05) is 15.5 Å². The minimum absolute atomic E-state index is 0.00718. The molecule has 1 amide bonds. The van der Waals surface area contributed by atoms with E-state index in [2.05, 4.69) is 10.0 Å². The normalized spacial score (nSPS) is 9.71. The molecule has 6 heteroatoms. The van der Waals surface area contributed by atoms with Crippen molar-refractivity contribution >= 4 is 17.5 Å². The lowest BCUT2D eigenvalue weighted by molar-refractivity contribution is 0.0975. The Bertz CT molecular complexity index is 597. The number of nitrogens with zero attached hydrogens (tertiary/aromatic N) is 3. The lowest BCUT2D eigenvalue weighted by Gasteiger charge is -1.96. The van der Waals surface area contributed by atoms with Gasteiger partial charge in [-0.15, -0.1) is 0 Å². The van der Waals surface area contributed by atoms with Gasteiger partial charge in [-0.05, 0) is 47.0 Å². The van der Waals surface area contributed by atoms with Crippen molar-refractivity contribution < 1.29 is 9.21 Å². The molecule has 0 spiro atoms. The van der Waals surface area contributed by atoms with Crippen LogP contribution < -0.4 is 0 Å². The summed E-state index contributed by atoms with van der Waals surface area (Å²) in [6, 6.07) is 10.1. The summed E-state index contributed by atoms with van der Waals surface area (Å²) in [6.07, 6.45) is 0. The topological polar surface area (TPSA) is 79.0 Å². The molecule has 0 N–H and O–H groups in total. The third-order valence-electron chi connectivity index (χ3n) is 2.08. The molecular weight excluding hydrogens is 242 g/mol. The predicted molar refractivity (Wildman–Crippen MR) is 62.6 cm³/mol. The summed E-state index contributed by atoms with van der Waals surface area (Å²) in [5.74, 6) is -0.224. The highest BCUT2D eigenvalue weighted by Gasteiger charge is 2.10. The van der Waals surface area contributed by atoms with Crippen LogP contribution in [-0.4, -0.2) is 5.91 Å². The van der Waals surface area contributed by atoms with Gasteiger partial charge in [0.15, 0.2) is 5.76 Å². The molecule has 0 saturated carbocycles. The van der Waals surface area contributed by atoms with E-state index in [-0.39, 0.29) is 5.76 Å². The van der Waals surface area contributed by atoms with Crippen LogP contribution in [0.2, 0.25) is 5.02 Å². The summed E-state index contributed by atoms with van der Waals surface area (Å²) >= 11 is 5.76. The monoisotopic (exact) mass is 247 g/mol. The number of azide groups is 1. The lowest BCUT2D eigenvalue weighted by atomic mass is 10.2.